The van der Waals surface area contributed by atoms with Crippen LogP contribution in [0.1, 0.15) is 32.6 Å². The highest BCUT2D eigenvalue weighted by atomic mass is 32.2. The minimum atomic E-state index is 0.0188. The second-order valence-corrected chi connectivity index (χ2v) is 5.99. The van der Waals surface area contributed by atoms with E-state index in [1.807, 2.05) is 23.6 Å². The van der Waals surface area contributed by atoms with Crippen molar-refractivity contribution in [2.24, 2.45) is 0 Å². The number of amides is 1. The van der Waals surface area contributed by atoms with Crippen molar-refractivity contribution >= 4 is 17.7 Å². The molecule has 2 fully saturated rings. The number of carbonyl (C=O) groups excluding carboxylic acids is 1. The summed E-state index contributed by atoms with van der Waals surface area (Å²) in [6.07, 6.45) is 7.37. The molecule has 1 saturated heterocycles. The zero-order chi connectivity index (χ0) is 10.9. The number of nitrogens with zero attached hydrogens (tertiary/aromatic N) is 1. The predicted octanol–water partition coefficient (Wildman–Crippen LogP) is 1.44. The van der Waals surface area contributed by atoms with Crippen LogP contribution in [0.4, 0.5) is 0 Å². The van der Waals surface area contributed by atoms with Crippen LogP contribution >= 0.6 is 11.8 Å². The first-order chi connectivity index (χ1) is 7.17. The van der Waals surface area contributed by atoms with E-state index < -0.39 is 0 Å². The lowest BCUT2D eigenvalue weighted by molar-refractivity contribution is -0.128. The summed E-state index contributed by atoms with van der Waals surface area (Å²) in [6.45, 7) is 3.62. The van der Waals surface area contributed by atoms with Crippen molar-refractivity contribution in [3.63, 3.8) is 0 Å². The van der Waals surface area contributed by atoms with Gasteiger partial charge in [-0.05, 0) is 26.0 Å². The topological polar surface area (TPSA) is 32.3 Å². The summed E-state index contributed by atoms with van der Waals surface area (Å²) in [5.41, 5.74) is 0. The zero-order valence-corrected chi connectivity index (χ0v) is 10.4. The van der Waals surface area contributed by atoms with E-state index in [9.17, 15) is 4.79 Å². The van der Waals surface area contributed by atoms with Crippen molar-refractivity contribution in [1.29, 1.82) is 0 Å². The van der Waals surface area contributed by atoms with Gasteiger partial charge in [0.05, 0.1) is 12.7 Å². The number of carbonyl (C=O) groups is 1. The first-order valence-corrected chi connectivity index (χ1v) is 6.97. The molecule has 0 bridgehead atoms. The molecule has 1 amide bonds. The molecule has 0 aromatic heterocycles. The van der Waals surface area contributed by atoms with Crippen LogP contribution in [0.15, 0.2) is 0 Å². The second kappa shape index (κ2) is 4.34. The quantitative estimate of drug-likeness (QED) is 0.793. The van der Waals surface area contributed by atoms with Crippen LogP contribution in [0.25, 0.3) is 0 Å². The molecule has 2 rings (SSSR count). The molecule has 0 spiro atoms. The molecule has 15 heavy (non-hydrogen) atoms. The summed E-state index contributed by atoms with van der Waals surface area (Å²) in [7, 11) is 0. The Labute approximate surface area is 96.0 Å². The Bertz CT molecular complexity index is 251. The van der Waals surface area contributed by atoms with E-state index >= 15 is 0 Å². The maximum Gasteiger partial charge on any atom is 0.240 e. The molecular weight excluding hydrogens is 208 g/mol. The molecule has 3 nitrogen and oxygen atoms in total. The van der Waals surface area contributed by atoms with Crippen molar-refractivity contribution in [1.82, 2.24) is 10.2 Å². The summed E-state index contributed by atoms with van der Waals surface area (Å²) < 4.78 is 0.349. The molecule has 1 aliphatic carbocycles. The smallest absolute Gasteiger partial charge is 0.240 e. The standard InChI is InChI=1S/C11H20N2OS/c1-9-10(14)13(8-12-9)7-11(15-2)5-3-4-6-11/h9,12H,3-8H2,1-2H3. The summed E-state index contributed by atoms with van der Waals surface area (Å²) >= 11 is 1.95. The summed E-state index contributed by atoms with van der Waals surface area (Å²) in [6, 6.07) is 0.0188. The SMILES string of the molecule is CSC1(CN2CNC(C)C2=O)CCCC1. The van der Waals surface area contributed by atoms with Crippen LogP contribution in [0.3, 0.4) is 0 Å². The number of hydrogen-bond donors (Lipinski definition) is 1. The molecule has 1 heterocycles. The first-order valence-electron chi connectivity index (χ1n) is 5.74. The fourth-order valence-corrected chi connectivity index (χ4v) is 3.60. The lowest BCUT2D eigenvalue weighted by Crippen LogP contribution is -2.40. The molecule has 1 saturated carbocycles. The Morgan fingerprint density at radius 2 is 2.20 bits per heavy atom. The number of nitrogens with one attached hydrogen (secondary N) is 1. The predicted molar refractivity (Wildman–Crippen MR) is 63.9 cm³/mol. The third-order valence-electron chi connectivity index (χ3n) is 3.70. The van der Waals surface area contributed by atoms with Crippen LogP contribution in [0, 0.1) is 0 Å². The van der Waals surface area contributed by atoms with E-state index in [0.717, 1.165) is 13.2 Å². The third-order valence-corrected chi connectivity index (χ3v) is 5.10. The Hall–Kier alpha value is -0.220. The van der Waals surface area contributed by atoms with Crippen LogP contribution in [-0.4, -0.2) is 41.1 Å². The highest BCUT2D eigenvalue weighted by molar-refractivity contribution is 8.00. The average Bonchev–Trinajstić information content (AvgIpc) is 2.82. The van der Waals surface area contributed by atoms with Gasteiger partial charge < -0.3 is 4.90 Å². The minimum Gasteiger partial charge on any atom is -0.327 e. The van der Waals surface area contributed by atoms with Crippen molar-refractivity contribution in [2.45, 2.75) is 43.4 Å². The van der Waals surface area contributed by atoms with Crippen LogP contribution < -0.4 is 5.32 Å². The first kappa shape index (κ1) is 11.3. The third kappa shape index (κ3) is 2.16. The van der Waals surface area contributed by atoms with Gasteiger partial charge in [0, 0.05) is 11.3 Å². The molecule has 0 aromatic carbocycles. The molecule has 4 heteroatoms. The molecule has 0 aromatic rings. The van der Waals surface area contributed by atoms with E-state index in [2.05, 4.69) is 11.6 Å². The van der Waals surface area contributed by atoms with Crippen molar-refractivity contribution in [3.05, 3.63) is 0 Å². The maximum absolute atomic E-state index is 11.8. The molecular formula is C11H20N2OS. The molecule has 1 aliphatic heterocycles. The van der Waals surface area contributed by atoms with Gasteiger partial charge in [-0.15, -0.1) is 0 Å². The Balaban J connectivity index is 1.98. The van der Waals surface area contributed by atoms with Gasteiger partial charge in [0.2, 0.25) is 5.91 Å². The summed E-state index contributed by atoms with van der Waals surface area (Å²) in [5, 5.41) is 3.20. The van der Waals surface area contributed by atoms with Gasteiger partial charge in [-0.3, -0.25) is 10.1 Å². The molecule has 1 N–H and O–H groups in total. The summed E-state index contributed by atoms with van der Waals surface area (Å²) in [4.78, 5) is 13.8. The monoisotopic (exact) mass is 228 g/mol. The normalized spacial score (nSPS) is 30.1. The molecule has 0 radical (unpaired) electrons. The van der Waals surface area contributed by atoms with Crippen molar-refractivity contribution in [3.8, 4) is 0 Å². The molecule has 1 unspecified atom stereocenters. The van der Waals surface area contributed by atoms with Crippen molar-refractivity contribution < 1.29 is 4.79 Å². The van der Waals surface area contributed by atoms with Crippen LogP contribution in [-0.2, 0) is 4.79 Å². The highest BCUT2D eigenvalue weighted by Crippen LogP contribution is 2.41. The minimum absolute atomic E-state index is 0.0188. The molecule has 2 aliphatic rings. The van der Waals surface area contributed by atoms with E-state index in [0.29, 0.717) is 4.75 Å². The fraction of sp³-hybridized carbons (Fsp3) is 0.909. The average molecular weight is 228 g/mol. The van der Waals surface area contributed by atoms with E-state index in [1.165, 1.54) is 25.7 Å². The van der Waals surface area contributed by atoms with Crippen molar-refractivity contribution in [2.75, 3.05) is 19.5 Å². The van der Waals surface area contributed by atoms with Gasteiger partial charge >= 0.3 is 0 Å². The number of rotatable bonds is 3. The van der Waals surface area contributed by atoms with Gasteiger partial charge in [0.15, 0.2) is 0 Å². The maximum atomic E-state index is 11.8. The summed E-state index contributed by atoms with van der Waals surface area (Å²) in [5.74, 6) is 0.273. The lowest BCUT2D eigenvalue weighted by atomic mass is 10.1. The Kier molecular flexibility index (Phi) is 3.26. The van der Waals surface area contributed by atoms with Crippen LogP contribution in [0.2, 0.25) is 0 Å². The molecule has 1 atom stereocenters. The zero-order valence-electron chi connectivity index (χ0n) is 9.58. The number of thioether (sulfide) groups is 1. The van der Waals surface area contributed by atoms with Gasteiger partial charge in [0.25, 0.3) is 0 Å². The number of hydrogen-bond acceptors (Lipinski definition) is 3. The van der Waals surface area contributed by atoms with Gasteiger partial charge in [-0.1, -0.05) is 12.8 Å². The second-order valence-electron chi connectivity index (χ2n) is 4.71. The van der Waals surface area contributed by atoms with Gasteiger partial charge in [0.1, 0.15) is 0 Å². The van der Waals surface area contributed by atoms with Gasteiger partial charge in [-0.25, -0.2) is 0 Å². The Morgan fingerprint density at radius 3 is 2.67 bits per heavy atom. The lowest BCUT2D eigenvalue weighted by Gasteiger charge is -2.31. The Morgan fingerprint density at radius 1 is 1.53 bits per heavy atom. The highest BCUT2D eigenvalue weighted by Gasteiger charge is 2.38. The largest absolute Gasteiger partial charge is 0.327 e. The van der Waals surface area contributed by atoms with Gasteiger partial charge in [-0.2, -0.15) is 11.8 Å². The van der Waals surface area contributed by atoms with Crippen LogP contribution in [0.5, 0.6) is 0 Å². The van der Waals surface area contributed by atoms with E-state index in [-0.39, 0.29) is 11.9 Å². The fourth-order valence-electron chi connectivity index (χ4n) is 2.61. The molecule has 86 valence electrons. The van der Waals surface area contributed by atoms with E-state index in [4.69, 9.17) is 0 Å². The van der Waals surface area contributed by atoms with E-state index in [1.54, 1.807) is 0 Å².